The molecule has 0 N–H and O–H groups in total. The monoisotopic (exact) mass is 664 g/mol. The summed E-state index contributed by atoms with van der Waals surface area (Å²) in [7, 11) is 0. The van der Waals surface area contributed by atoms with Gasteiger partial charge < -0.3 is 9.47 Å². The number of hydrogen-bond acceptors (Lipinski definition) is 2. The first kappa shape index (κ1) is 28.6. The van der Waals surface area contributed by atoms with Crippen LogP contribution in [0.2, 0.25) is 0 Å². The summed E-state index contributed by atoms with van der Waals surface area (Å²) in [6, 6.07) is 70.4. The van der Waals surface area contributed by atoms with Crippen molar-refractivity contribution >= 4 is 10.8 Å². The Morgan fingerprint density at radius 3 is 0.885 bits per heavy atom. The molecule has 4 aliphatic rings. The lowest BCUT2D eigenvalue weighted by Crippen LogP contribution is -2.31. The average Bonchev–Trinajstić information content (AvgIpc) is 3.94. The summed E-state index contributed by atoms with van der Waals surface area (Å²) in [6.07, 6.45) is 0. The van der Waals surface area contributed by atoms with Crippen molar-refractivity contribution in [1.82, 2.24) is 0 Å². The predicted molar refractivity (Wildman–Crippen MR) is 204 cm³/mol. The summed E-state index contributed by atoms with van der Waals surface area (Å²) in [4.78, 5) is 0. The molecule has 4 heterocycles. The van der Waals surface area contributed by atoms with Crippen molar-refractivity contribution < 1.29 is 9.47 Å². The van der Waals surface area contributed by atoms with Crippen LogP contribution in [0.3, 0.4) is 0 Å². The normalized spacial score (nSPS) is 25.5. The highest BCUT2D eigenvalue weighted by molar-refractivity contribution is 5.99. The molecule has 0 aromatic heterocycles. The van der Waals surface area contributed by atoms with E-state index in [0.717, 1.165) is 22.3 Å². The van der Waals surface area contributed by atoms with Crippen LogP contribution in [0.25, 0.3) is 10.8 Å². The molecule has 0 saturated carbocycles. The lowest BCUT2D eigenvalue weighted by atomic mass is 9.63. The van der Waals surface area contributed by atoms with Crippen LogP contribution in [0.5, 0.6) is 0 Å². The first-order valence-electron chi connectivity index (χ1n) is 18.2. The zero-order valence-corrected chi connectivity index (χ0v) is 28.3. The van der Waals surface area contributed by atoms with E-state index in [-0.39, 0.29) is 0 Å². The van der Waals surface area contributed by atoms with Crippen molar-refractivity contribution in [2.45, 2.75) is 22.4 Å². The Kier molecular flexibility index (Phi) is 5.41. The summed E-state index contributed by atoms with van der Waals surface area (Å²) in [5, 5.41) is 2.39. The standard InChI is InChI=1S/C50H32O2/c1-5-17-34(18-6-1)47-38-25-13-15-27-40(38)49(51-47,36-21-9-3-10-22-36)45-42(47)31-29-33-30-32-43-46(44(33)45)50(37-23-11-4-12-24-37)41-28-16-14-26-39(41)48(43,52-50)35-19-7-2-8-20-35/h1-32H. The third-order valence-electron chi connectivity index (χ3n) is 12.4. The molecular formula is C50H32O2. The average molecular weight is 665 g/mol. The molecule has 0 fully saturated rings. The minimum absolute atomic E-state index is 0.798. The first-order valence-corrected chi connectivity index (χ1v) is 18.2. The predicted octanol–water partition coefficient (Wildman–Crippen LogP) is 10.7. The molecule has 8 aromatic carbocycles. The van der Waals surface area contributed by atoms with Crippen LogP contribution in [-0.2, 0) is 31.9 Å². The summed E-state index contributed by atoms with van der Waals surface area (Å²) in [5.74, 6) is 0. The van der Waals surface area contributed by atoms with Gasteiger partial charge in [0.2, 0.25) is 0 Å². The summed E-state index contributed by atoms with van der Waals surface area (Å²) >= 11 is 0. The van der Waals surface area contributed by atoms with E-state index in [1.807, 2.05) is 0 Å². The molecule has 4 aliphatic heterocycles. The van der Waals surface area contributed by atoms with Gasteiger partial charge >= 0.3 is 0 Å². The van der Waals surface area contributed by atoms with Gasteiger partial charge in [0.25, 0.3) is 0 Å². The van der Waals surface area contributed by atoms with Crippen molar-refractivity contribution in [1.29, 1.82) is 0 Å². The van der Waals surface area contributed by atoms with E-state index in [0.29, 0.717) is 0 Å². The highest BCUT2D eigenvalue weighted by Crippen LogP contribution is 2.71. The van der Waals surface area contributed by atoms with Crippen LogP contribution in [0.1, 0.15) is 66.8 Å². The van der Waals surface area contributed by atoms with Crippen LogP contribution < -0.4 is 0 Å². The fourth-order valence-corrected chi connectivity index (χ4v) is 10.5. The second-order valence-electron chi connectivity index (χ2n) is 14.6. The van der Waals surface area contributed by atoms with E-state index in [9.17, 15) is 0 Å². The summed E-state index contributed by atoms with van der Waals surface area (Å²) in [5.41, 5.74) is 10.8. The third-order valence-corrected chi connectivity index (χ3v) is 12.4. The zero-order valence-electron chi connectivity index (χ0n) is 28.3. The van der Waals surface area contributed by atoms with Crippen LogP contribution in [-0.4, -0.2) is 0 Å². The molecule has 0 amide bonds. The molecule has 12 rings (SSSR count). The second-order valence-corrected chi connectivity index (χ2v) is 14.6. The zero-order chi connectivity index (χ0) is 34.1. The number of ether oxygens (including phenoxy) is 2. The van der Waals surface area contributed by atoms with Crippen LogP contribution in [0.15, 0.2) is 194 Å². The SMILES string of the molecule is c1ccc(C23OC(c4ccccc4)(c4ccccc42)c2c3ccc3ccc4c(c23)C2(c3ccccc3)OC4(c3ccccc3)c3ccccc32)cc1. The van der Waals surface area contributed by atoms with Crippen molar-refractivity contribution in [2.75, 3.05) is 0 Å². The van der Waals surface area contributed by atoms with Gasteiger partial charge in [-0.25, -0.2) is 0 Å². The highest BCUT2D eigenvalue weighted by Gasteiger charge is 2.68. The molecule has 0 saturated heterocycles. The lowest BCUT2D eigenvalue weighted by molar-refractivity contribution is -0.0267. The maximum absolute atomic E-state index is 7.89. The van der Waals surface area contributed by atoms with Gasteiger partial charge in [0.05, 0.1) is 0 Å². The Labute approximate surface area is 302 Å². The first-order chi connectivity index (χ1) is 25.7. The summed E-state index contributed by atoms with van der Waals surface area (Å²) in [6.45, 7) is 0. The van der Waals surface area contributed by atoms with Gasteiger partial charge in [0.1, 0.15) is 22.4 Å². The Morgan fingerprint density at radius 2 is 0.538 bits per heavy atom. The minimum atomic E-state index is -0.864. The second kappa shape index (κ2) is 9.83. The van der Waals surface area contributed by atoms with Crippen molar-refractivity contribution in [3.05, 3.63) is 261 Å². The Morgan fingerprint density at radius 1 is 0.250 bits per heavy atom. The fourth-order valence-electron chi connectivity index (χ4n) is 10.5. The Bertz CT molecular complexity index is 2560. The van der Waals surface area contributed by atoms with E-state index in [2.05, 4.69) is 194 Å². The van der Waals surface area contributed by atoms with Gasteiger partial charge in [0, 0.05) is 22.3 Å². The van der Waals surface area contributed by atoms with Gasteiger partial charge in [-0.15, -0.1) is 0 Å². The van der Waals surface area contributed by atoms with Crippen LogP contribution in [0, 0.1) is 0 Å². The maximum Gasteiger partial charge on any atom is 0.147 e. The lowest BCUT2D eigenvalue weighted by Gasteiger charge is -2.36. The topological polar surface area (TPSA) is 18.5 Å². The van der Waals surface area contributed by atoms with Crippen LogP contribution in [0.4, 0.5) is 0 Å². The quantitative estimate of drug-likeness (QED) is 0.186. The molecule has 0 aliphatic carbocycles. The van der Waals surface area contributed by atoms with E-state index >= 15 is 0 Å². The molecule has 4 atom stereocenters. The van der Waals surface area contributed by atoms with Crippen molar-refractivity contribution in [2.24, 2.45) is 0 Å². The minimum Gasteiger partial charge on any atom is -0.340 e. The van der Waals surface area contributed by atoms with Crippen LogP contribution >= 0.6 is 0 Å². The Hall–Kier alpha value is -6.06. The molecule has 0 radical (unpaired) electrons. The van der Waals surface area contributed by atoms with E-state index in [1.54, 1.807) is 0 Å². The van der Waals surface area contributed by atoms with Crippen molar-refractivity contribution in [3.63, 3.8) is 0 Å². The molecular weight excluding hydrogens is 633 g/mol. The van der Waals surface area contributed by atoms with Gasteiger partial charge in [-0.1, -0.05) is 194 Å². The number of hydrogen-bond donors (Lipinski definition) is 0. The van der Waals surface area contributed by atoms with Gasteiger partial charge in [-0.2, -0.15) is 0 Å². The highest BCUT2D eigenvalue weighted by atomic mass is 16.5. The fraction of sp³-hybridized carbons (Fsp3) is 0.0800. The van der Waals surface area contributed by atoms with E-state index in [4.69, 9.17) is 9.47 Å². The number of rotatable bonds is 4. The van der Waals surface area contributed by atoms with Gasteiger partial charge in [-0.3, -0.25) is 0 Å². The largest absolute Gasteiger partial charge is 0.340 e. The van der Waals surface area contributed by atoms with Crippen molar-refractivity contribution in [3.8, 4) is 0 Å². The van der Waals surface area contributed by atoms with Gasteiger partial charge in [0.15, 0.2) is 0 Å². The number of fused-ring (bicyclic) bond motifs is 19. The van der Waals surface area contributed by atoms with E-state index < -0.39 is 22.4 Å². The molecule has 8 aromatic rings. The van der Waals surface area contributed by atoms with Gasteiger partial charge in [-0.05, 0) is 55.3 Å². The Balaban J connectivity index is 1.31. The third kappa shape index (κ3) is 3.09. The molecule has 2 heteroatoms. The molecule has 2 nitrogen and oxygen atoms in total. The maximum atomic E-state index is 7.89. The number of benzene rings is 8. The molecule has 244 valence electrons. The smallest absolute Gasteiger partial charge is 0.147 e. The summed E-state index contributed by atoms with van der Waals surface area (Å²) < 4.78 is 15.8. The van der Waals surface area contributed by atoms with E-state index in [1.165, 1.54) is 55.3 Å². The molecule has 52 heavy (non-hydrogen) atoms. The molecule has 4 unspecified atom stereocenters. The molecule has 0 spiro atoms. The molecule has 4 bridgehead atoms.